The fourth-order valence-electron chi connectivity index (χ4n) is 1.13. The molecule has 0 unspecified atom stereocenters. The molecule has 0 atom stereocenters. The van der Waals surface area contributed by atoms with Crippen molar-refractivity contribution in [2.75, 3.05) is 0 Å². The minimum Gasteiger partial charge on any atom is -0.392 e. The second-order valence-corrected chi connectivity index (χ2v) is 3.64. The summed E-state index contributed by atoms with van der Waals surface area (Å²) in [4.78, 5) is 10.2. The molecule has 13 heavy (non-hydrogen) atoms. The Morgan fingerprint density at radius 2 is 2.23 bits per heavy atom. The third-order valence-corrected chi connectivity index (χ3v) is 2.60. The molecule has 1 aromatic rings. The van der Waals surface area contributed by atoms with Crippen LogP contribution in [-0.2, 0) is 17.8 Å². The number of hydrogen-bond acceptors (Lipinski definition) is 2. The molecule has 0 radical (unpaired) electrons. The number of aliphatic hydroxyl groups is 1. The van der Waals surface area contributed by atoms with Crippen LogP contribution in [0.15, 0.2) is 22.7 Å². The van der Waals surface area contributed by atoms with Gasteiger partial charge in [-0.2, -0.15) is 0 Å². The number of aliphatic hydroxyl groups excluding tert-OH is 1. The lowest BCUT2D eigenvalue weighted by Crippen LogP contribution is -1.91. The summed E-state index contributed by atoms with van der Waals surface area (Å²) in [5.41, 5.74) is 1.95. The van der Waals surface area contributed by atoms with Crippen LogP contribution in [0, 0.1) is 0 Å². The van der Waals surface area contributed by atoms with Crippen molar-refractivity contribution < 1.29 is 9.90 Å². The third kappa shape index (κ3) is 2.94. The minimum atomic E-state index is 0.0430. The molecule has 0 saturated carbocycles. The molecule has 0 aromatic heterocycles. The van der Waals surface area contributed by atoms with Gasteiger partial charge in [-0.25, -0.2) is 0 Å². The van der Waals surface area contributed by atoms with Gasteiger partial charge in [0.1, 0.15) is 6.29 Å². The van der Waals surface area contributed by atoms with Gasteiger partial charge < -0.3 is 9.90 Å². The first-order valence-corrected chi connectivity index (χ1v) is 4.89. The van der Waals surface area contributed by atoms with Crippen LogP contribution in [0.25, 0.3) is 0 Å². The van der Waals surface area contributed by atoms with Gasteiger partial charge in [-0.1, -0.05) is 28.1 Å². The van der Waals surface area contributed by atoms with Crippen LogP contribution in [-0.4, -0.2) is 11.4 Å². The van der Waals surface area contributed by atoms with E-state index in [1.807, 2.05) is 18.2 Å². The predicted octanol–water partition coefficient (Wildman–Crippen LogP) is 2.07. The molecular weight excluding hydrogens is 232 g/mol. The first-order chi connectivity index (χ1) is 6.27. The van der Waals surface area contributed by atoms with Crippen LogP contribution in [0.3, 0.4) is 0 Å². The van der Waals surface area contributed by atoms with Gasteiger partial charge >= 0.3 is 0 Å². The monoisotopic (exact) mass is 242 g/mol. The number of carbonyl (C=O) groups excluding carboxylic acids is 1. The van der Waals surface area contributed by atoms with Crippen molar-refractivity contribution in [1.29, 1.82) is 0 Å². The average molecular weight is 243 g/mol. The van der Waals surface area contributed by atoms with Gasteiger partial charge in [-0.05, 0) is 23.6 Å². The van der Waals surface area contributed by atoms with E-state index in [9.17, 15) is 4.79 Å². The van der Waals surface area contributed by atoms with Crippen LogP contribution in [0.2, 0.25) is 0 Å². The van der Waals surface area contributed by atoms with Crippen LogP contribution in [0.1, 0.15) is 17.5 Å². The summed E-state index contributed by atoms with van der Waals surface area (Å²) in [7, 11) is 0. The largest absolute Gasteiger partial charge is 0.392 e. The Labute approximate surface area is 85.7 Å². The standard InChI is InChI=1S/C10H11BrO2/c11-10-4-3-8(7-13)6-9(10)2-1-5-12/h3-6,13H,1-2,7H2. The van der Waals surface area contributed by atoms with E-state index in [4.69, 9.17) is 5.11 Å². The Kier molecular flexibility index (Phi) is 4.12. The molecule has 0 aliphatic rings. The minimum absolute atomic E-state index is 0.0430. The van der Waals surface area contributed by atoms with E-state index < -0.39 is 0 Å². The Morgan fingerprint density at radius 3 is 2.85 bits per heavy atom. The van der Waals surface area contributed by atoms with Crippen molar-refractivity contribution in [3.63, 3.8) is 0 Å². The molecule has 0 amide bonds. The first-order valence-electron chi connectivity index (χ1n) is 4.09. The predicted molar refractivity (Wildman–Crippen MR) is 54.4 cm³/mol. The second-order valence-electron chi connectivity index (χ2n) is 2.79. The molecular formula is C10H11BrO2. The van der Waals surface area contributed by atoms with Gasteiger partial charge in [0.2, 0.25) is 0 Å². The molecule has 0 heterocycles. The lowest BCUT2D eigenvalue weighted by atomic mass is 10.1. The van der Waals surface area contributed by atoms with Crippen molar-refractivity contribution >= 4 is 22.2 Å². The van der Waals surface area contributed by atoms with Gasteiger partial charge in [0.05, 0.1) is 6.61 Å². The molecule has 1 N–H and O–H groups in total. The van der Waals surface area contributed by atoms with E-state index in [0.29, 0.717) is 6.42 Å². The molecule has 1 aromatic carbocycles. The molecule has 0 aliphatic carbocycles. The number of rotatable bonds is 4. The lowest BCUT2D eigenvalue weighted by molar-refractivity contribution is -0.107. The molecule has 3 heteroatoms. The Balaban J connectivity index is 2.83. The molecule has 0 bridgehead atoms. The molecule has 0 aliphatic heterocycles. The Bertz CT molecular complexity index is 297. The molecule has 2 nitrogen and oxygen atoms in total. The summed E-state index contributed by atoms with van der Waals surface area (Å²) in [6.07, 6.45) is 2.14. The molecule has 70 valence electrons. The highest BCUT2D eigenvalue weighted by Gasteiger charge is 2.00. The number of benzene rings is 1. The van der Waals surface area contributed by atoms with Gasteiger partial charge in [0, 0.05) is 10.9 Å². The van der Waals surface area contributed by atoms with Crippen molar-refractivity contribution in [1.82, 2.24) is 0 Å². The number of hydrogen-bond donors (Lipinski definition) is 1. The normalized spacial score (nSPS) is 10.0. The number of halogens is 1. The lowest BCUT2D eigenvalue weighted by Gasteiger charge is -2.04. The summed E-state index contributed by atoms with van der Waals surface area (Å²) < 4.78 is 0.992. The third-order valence-electron chi connectivity index (χ3n) is 1.82. The summed E-state index contributed by atoms with van der Waals surface area (Å²) >= 11 is 3.39. The maximum atomic E-state index is 10.2. The maximum absolute atomic E-state index is 10.2. The summed E-state index contributed by atoms with van der Waals surface area (Å²) in [5.74, 6) is 0. The summed E-state index contributed by atoms with van der Waals surface area (Å²) in [5, 5.41) is 8.89. The zero-order chi connectivity index (χ0) is 9.68. The smallest absolute Gasteiger partial charge is 0.120 e. The maximum Gasteiger partial charge on any atom is 0.120 e. The van der Waals surface area contributed by atoms with E-state index in [2.05, 4.69) is 15.9 Å². The van der Waals surface area contributed by atoms with Crippen molar-refractivity contribution in [3.05, 3.63) is 33.8 Å². The van der Waals surface area contributed by atoms with E-state index in [-0.39, 0.29) is 6.61 Å². The van der Waals surface area contributed by atoms with Crippen LogP contribution in [0.5, 0.6) is 0 Å². The van der Waals surface area contributed by atoms with Gasteiger partial charge in [0.25, 0.3) is 0 Å². The fourth-order valence-corrected chi connectivity index (χ4v) is 1.58. The zero-order valence-corrected chi connectivity index (χ0v) is 8.75. The number of carbonyl (C=O) groups is 1. The molecule has 0 saturated heterocycles. The highest BCUT2D eigenvalue weighted by molar-refractivity contribution is 9.10. The highest BCUT2D eigenvalue weighted by Crippen LogP contribution is 2.19. The van der Waals surface area contributed by atoms with E-state index in [1.165, 1.54) is 0 Å². The molecule has 1 rings (SSSR count). The number of aryl methyl sites for hydroxylation is 1. The summed E-state index contributed by atoms with van der Waals surface area (Å²) in [6, 6.07) is 5.66. The highest BCUT2D eigenvalue weighted by atomic mass is 79.9. The zero-order valence-electron chi connectivity index (χ0n) is 7.16. The van der Waals surface area contributed by atoms with Crippen LogP contribution >= 0.6 is 15.9 Å². The van der Waals surface area contributed by atoms with Gasteiger partial charge in [-0.3, -0.25) is 0 Å². The fraction of sp³-hybridized carbons (Fsp3) is 0.300. The number of aldehydes is 1. The van der Waals surface area contributed by atoms with Crippen LogP contribution in [0.4, 0.5) is 0 Å². The van der Waals surface area contributed by atoms with Crippen molar-refractivity contribution in [3.8, 4) is 0 Å². The molecule has 0 spiro atoms. The first kappa shape index (κ1) is 10.4. The van der Waals surface area contributed by atoms with Crippen LogP contribution < -0.4 is 0 Å². The molecule has 0 fully saturated rings. The SMILES string of the molecule is O=CCCc1cc(CO)ccc1Br. The Morgan fingerprint density at radius 1 is 1.46 bits per heavy atom. The van der Waals surface area contributed by atoms with E-state index in [1.54, 1.807) is 0 Å². The summed E-state index contributed by atoms with van der Waals surface area (Å²) in [6.45, 7) is 0.0430. The van der Waals surface area contributed by atoms with E-state index >= 15 is 0 Å². The van der Waals surface area contributed by atoms with Crippen molar-refractivity contribution in [2.45, 2.75) is 19.4 Å². The second kappa shape index (κ2) is 5.14. The average Bonchev–Trinajstić information content (AvgIpc) is 2.17. The van der Waals surface area contributed by atoms with Crippen molar-refractivity contribution in [2.24, 2.45) is 0 Å². The van der Waals surface area contributed by atoms with Gasteiger partial charge in [0.15, 0.2) is 0 Å². The quantitative estimate of drug-likeness (QED) is 0.822. The Hall–Kier alpha value is -0.670. The van der Waals surface area contributed by atoms with E-state index in [0.717, 1.165) is 28.3 Å². The van der Waals surface area contributed by atoms with Gasteiger partial charge in [-0.15, -0.1) is 0 Å². The topological polar surface area (TPSA) is 37.3 Å².